The molecule has 0 saturated carbocycles. The first-order chi connectivity index (χ1) is 15.2. The number of carbonyl (C=O) groups excluding carboxylic acids is 2. The number of hydrogen-bond acceptors (Lipinski definition) is 5. The zero-order valence-corrected chi connectivity index (χ0v) is 19.4. The van der Waals surface area contributed by atoms with Gasteiger partial charge in [-0.15, -0.1) is 0 Å². The van der Waals surface area contributed by atoms with Gasteiger partial charge in [0, 0.05) is 16.1 Å². The van der Waals surface area contributed by atoms with Crippen molar-refractivity contribution in [3.8, 4) is 5.75 Å². The zero-order chi connectivity index (χ0) is 23.2. The molecule has 2 fully saturated rings. The second kappa shape index (κ2) is 8.33. The van der Waals surface area contributed by atoms with Crippen LogP contribution in [0.5, 0.6) is 5.75 Å². The van der Waals surface area contributed by atoms with E-state index in [1.165, 1.54) is 11.0 Å². The number of aromatic hydroxyl groups is 1. The molecule has 4 rings (SSSR count). The van der Waals surface area contributed by atoms with Crippen molar-refractivity contribution in [2.24, 2.45) is 17.8 Å². The molecule has 7 nitrogen and oxygen atoms in total. The topological polar surface area (TPSA) is 107 Å². The van der Waals surface area contributed by atoms with E-state index in [0.29, 0.717) is 10.0 Å². The van der Waals surface area contributed by atoms with Gasteiger partial charge in [-0.05, 0) is 36.1 Å². The Kier molecular flexibility index (Phi) is 5.85. The van der Waals surface area contributed by atoms with E-state index < -0.39 is 41.2 Å². The molecule has 2 aliphatic rings. The van der Waals surface area contributed by atoms with Gasteiger partial charge in [-0.3, -0.25) is 24.6 Å². The van der Waals surface area contributed by atoms with Crippen molar-refractivity contribution in [3.63, 3.8) is 0 Å². The molecule has 0 aliphatic carbocycles. The third-order valence-corrected chi connectivity index (χ3v) is 6.86. The Bertz CT molecular complexity index is 1070. The van der Waals surface area contributed by atoms with Gasteiger partial charge in [-0.2, -0.15) is 0 Å². The van der Waals surface area contributed by atoms with Crippen molar-refractivity contribution in [3.05, 3.63) is 64.1 Å². The number of hydrogen-bond donors (Lipinski definition) is 3. The first-order valence-electron chi connectivity index (χ1n) is 10.5. The lowest BCUT2D eigenvalue weighted by Gasteiger charge is -2.32. The van der Waals surface area contributed by atoms with Gasteiger partial charge in [-0.1, -0.05) is 60.1 Å². The van der Waals surface area contributed by atoms with Gasteiger partial charge >= 0.3 is 5.97 Å². The van der Waals surface area contributed by atoms with Gasteiger partial charge in [-0.25, -0.2) is 0 Å². The number of nitrogens with one attached hydrogen (secondary N) is 1. The molecule has 0 radical (unpaired) electrons. The third kappa shape index (κ3) is 3.61. The van der Waals surface area contributed by atoms with Crippen molar-refractivity contribution in [1.29, 1.82) is 0 Å². The van der Waals surface area contributed by atoms with Crippen LogP contribution in [0.4, 0.5) is 0 Å². The summed E-state index contributed by atoms with van der Waals surface area (Å²) in [5.74, 6) is -4.18. The Morgan fingerprint density at radius 3 is 2.47 bits per heavy atom. The van der Waals surface area contributed by atoms with Crippen molar-refractivity contribution < 1.29 is 24.6 Å². The lowest BCUT2D eigenvalue weighted by Crippen LogP contribution is -2.56. The molecular formula is C24H25BrN2O5. The number of benzene rings is 2. The Balaban J connectivity index is 1.83. The molecule has 2 saturated heterocycles. The molecule has 32 heavy (non-hydrogen) atoms. The van der Waals surface area contributed by atoms with E-state index in [1.807, 2.05) is 44.2 Å². The number of nitrogens with zero attached hydrogens (tertiary/aromatic N) is 1. The van der Waals surface area contributed by atoms with Crippen LogP contribution in [0, 0.1) is 17.8 Å². The van der Waals surface area contributed by atoms with Crippen LogP contribution >= 0.6 is 15.9 Å². The second-order valence-electron chi connectivity index (χ2n) is 8.95. The SMILES string of the molecule is CC(C)C[C@]1(C(=O)O)N[C@H](c2cc(Br)ccc2O)[C@H]2C(=O)N(Cc3ccccc3)C(=O)[C@H]21. The van der Waals surface area contributed by atoms with Crippen molar-refractivity contribution in [1.82, 2.24) is 10.2 Å². The number of phenolic OH excluding ortho intramolecular Hbond substituents is 1. The van der Waals surface area contributed by atoms with Crippen molar-refractivity contribution in [2.45, 2.75) is 38.4 Å². The zero-order valence-electron chi connectivity index (χ0n) is 17.8. The third-order valence-electron chi connectivity index (χ3n) is 6.37. The summed E-state index contributed by atoms with van der Waals surface area (Å²) < 4.78 is 0.679. The molecule has 0 spiro atoms. The van der Waals surface area contributed by atoms with Crippen molar-refractivity contribution in [2.75, 3.05) is 0 Å². The van der Waals surface area contributed by atoms with E-state index in [2.05, 4.69) is 21.2 Å². The van der Waals surface area contributed by atoms with Gasteiger partial charge in [0.25, 0.3) is 0 Å². The molecule has 2 heterocycles. The van der Waals surface area contributed by atoms with Crippen LogP contribution in [0.1, 0.15) is 37.4 Å². The van der Waals surface area contributed by atoms with E-state index in [9.17, 15) is 24.6 Å². The maximum absolute atomic E-state index is 13.6. The standard InChI is InChI=1S/C24H25BrN2O5/c1-13(2)11-24(23(31)32)19-18(20(26-24)16-10-15(25)8-9-17(16)28)21(29)27(22(19)30)12-14-6-4-3-5-7-14/h3-10,13,18-20,26,28H,11-12H2,1-2H3,(H,31,32)/t18-,19-,20+,24-/m0/s1. The molecule has 2 aliphatic heterocycles. The Hall–Kier alpha value is -2.71. The highest BCUT2D eigenvalue weighted by Crippen LogP contribution is 2.52. The van der Waals surface area contributed by atoms with Crippen LogP contribution in [0.3, 0.4) is 0 Å². The van der Waals surface area contributed by atoms with Gasteiger partial charge in [0.1, 0.15) is 11.3 Å². The first-order valence-corrected chi connectivity index (χ1v) is 11.3. The molecule has 3 N–H and O–H groups in total. The van der Waals surface area contributed by atoms with E-state index in [0.717, 1.165) is 5.56 Å². The number of likely N-dealkylation sites (tertiary alicyclic amines) is 1. The number of carboxylic acids is 1. The molecular weight excluding hydrogens is 476 g/mol. The number of aliphatic carboxylic acids is 1. The number of imide groups is 1. The van der Waals surface area contributed by atoms with Crippen LogP contribution in [0.15, 0.2) is 53.0 Å². The predicted octanol–water partition coefficient (Wildman–Crippen LogP) is 3.47. The normalized spacial score (nSPS) is 27.2. The second-order valence-corrected chi connectivity index (χ2v) is 9.87. The molecule has 0 bridgehead atoms. The highest BCUT2D eigenvalue weighted by molar-refractivity contribution is 9.10. The number of phenols is 1. The van der Waals surface area contributed by atoms with Crippen LogP contribution in [-0.2, 0) is 20.9 Å². The summed E-state index contributed by atoms with van der Waals surface area (Å²) in [4.78, 5) is 40.9. The molecule has 0 aromatic heterocycles. The maximum atomic E-state index is 13.6. The summed E-state index contributed by atoms with van der Waals surface area (Å²) >= 11 is 3.38. The molecule has 2 aromatic carbocycles. The van der Waals surface area contributed by atoms with Crippen LogP contribution < -0.4 is 5.32 Å². The highest BCUT2D eigenvalue weighted by Gasteiger charge is 2.68. The van der Waals surface area contributed by atoms with Gasteiger partial charge in [0.15, 0.2) is 0 Å². The average molecular weight is 501 g/mol. The number of carboxylic acid groups (broad SMARTS) is 1. The summed E-state index contributed by atoms with van der Waals surface area (Å²) in [6.07, 6.45) is 0.174. The molecule has 168 valence electrons. The summed E-state index contributed by atoms with van der Waals surface area (Å²) in [5, 5.41) is 24.0. The minimum absolute atomic E-state index is 0.0415. The number of carbonyl (C=O) groups is 3. The summed E-state index contributed by atoms with van der Waals surface area (Å²) in [6, 6.07) is 13.1. The number of amides is 2. The lowest BCUT2D eigenvalue weighted by molar-refractivity contribution is -0.152. The van der Waals surface area contributed by atoms with Crippen LogP contribution in [-0.4, -0.2) is 38.4 Å². The number of halogens is 1. The predicted molar refractivity (Wildman–Crippen MR) is 120 cm³/mol. The fraction of sp³-hybridized carbons (Fsp3) is 0.375. The summed E-state index contributed by atoms with van der Waals surface area (Å²) in [7, 11) is 0. The monoisotopic (exact) mass is 500 g/mol. The Labute approximate surface area is 194 Å². The van der Waals surface area contributed by atoms with E-state index in [-0.39, 0.29) is 24.6 Å². The first kappa shape index (κ1) is 22.5. The summed E-state index contributed by atoms with van der Waals surface area (Å²) in [5.41, 5.74) is -0.436. The minimum atomic E-state index is -1.61. The van der Waals surface area contributed by atoms with Crippen LogP contribution in [0.25, 0.3) is 0 Å². The van der Waals surface area contributed by atoms with Gasteiger partial charge in [0.05, 0.1) is 18.4 Å². The van der Waals surface area contributed by atoms with Crippen molar-refractivity contribution >= 4 is 33.7 Å². The van der Waals surface area contributed by atoms with Crippen LogP contribution in [0.2, 0.25) is 0 Å². The quantitative estimate of drug-likeness (QED) is 0.524. The molecule has 4 atom stereocenters. The van der Waals surface area contributed by atoms with E-state index in [1.54, 1.807) is 12.1 Å². The van der Waals surface area contributed by atoms with E-state index in [4.69, 9.17) is 0 Å². The molecule has 2 amide bonds. The Morgan fingerprint density at radius 1 is 1.16 bits per heavy atom. The fourth-order valence-electron chi connectivity index (χ4n) is 5.14. The average Bonchev–Trinajstić information content (AvgIpc) is 3.20. The molecule has 2 aromatic rings. The lowest BCUT2D eigenvalue weighted by atomic mass is 9.75. The summed E-state index contributed by atoms with van der Waals surface area (Å²) in [6.45, 7) is 3.85. The number of fused-ring (bicyclic) bond motifs is 1. The van der Waals surface area contributed by atoms with Gasteiger partial charge < -0.3 is 10.2 Å². The Morgan fingerprint density at radius 2 is 1.84 bits per heavy atom. The minimum Gasteiger partial charge on any atom is -0.508 e. The molecule has 8 heteroatoms. The maximum Gasteiger partial charge on any atom is 0.324 e. The number of rotatable bonds is 6. The smallest absolute Gasteiger partial charge is 0.324 e. The largest absolute Gasteiger partial charge is 0.508 e. The van der Waals surface area contributed by atoms with E-state index >= 15 is 0 Å². The molecule has 0 unspecified atom stereocenters. The fourth-order valence-corrected chi connectivity index (χ4v) is 5.52. The van der Waals surface area contributed by atoms with Gasteiger partial charge in [0.2, 0.25) is 11.8 Å². The highest BCUT2D eigenvalue weighted by atomic mass is 79.9.